The number of likely N-dealkylation sites (N-methyl/N-ethyl adjacent to an activating group) is 1. The van der Waals surface area contributed by atoms with Crippen LogP contribution in [0.4, 0.5) is 0 Å². The summed E-state index contributed by atoms with van der Waals surface area (Å²) in [4.78, 5) is 30.0. The molecule has 2 aromatic carbocycles. The van der Waals surface area contributed by atoms with E-state index in [1.165, 1.54) is 0 Å². The average molecular weight is 424 g/mol. The van der Waals surface area contributed by atoms with Gasteiger partial charge in [-0.25, -0.2) is 0 Å². The molecule has 7 nitrogen and oxygen atoms in total. The Bertz CT molecular complexity index is 810. The van der Waals surface area contributed by atoms with Crippen molar-refractivity contribution in [2.75, 3.05) is 46.4 Å². The summed E-state index contributed by atoms with van der Waals surface area (Å²) in [5, 5.41) is 5.73. The van der Waals surface area contributed by atoms with Crippen molar-refractivity contribution in [2.45, 2.75) is 12.6 Å². The van der Waals surface area contributed by atoms with Gasteiger partial charge in [-0.05, 0) is 18.2 Å². The zero-order valence-corrected chi connectivity index (χ0v) is 18.0. The molecule has 1 atom stereocenters. The summed E-state index contributed by atoms with van der Waals surface area (Å²) in [6.07, 6.45) is 0. The van der Waals surface area contributed by atoms with Crippen molar-refractivity contribution in [3.8, 4) is 0 Å². The molecule has 0 unspecified atom stereocenters. The molecule has 1 aliphatic rings. The highest BCUT2D eigenvalue weighted by molar-refractivity contribution is 6.04. The summed E-state index contributed by atoms with van der Waals surface area (Å²) in [5.74, 6) is -0.656. The number of hydrogen-bond acceptors (Lipinski definition) is 5. The Kier molecular flexibility index (Phi) is 9.02. The van der Waals surface area contributed by atoms with Crippen molar-refractivity contribution in [2.24, 2.45) is 0 Å². The first-order valence-electron chi connectivity index (χ1n) is 10.6. The Hall–Kier alpha value is -2.74. The summed E-state index contributed by atoms with van der Waals surface area (Å²) in [5.41, 5.74) is 1.91. The number of nitrogens with zero attached hydrogens (tertiary/aromatic N) is 2. The van der Waals surface area contributed by atoms with Gasteiger partial charge in [-0.15, -0.1) is 0 Å². The van der Waals surface area contributed by atoms with Crippen LogP contribution >= 0.6 is 0 Å². The highest BCUT2D eigenvalue weighted by Gasteiger charge is 2.30. The lowest BCUT2D eigenvalue weighted by atomic mass is 10.1. The molecule has 0 bridgehead atoms. The lowest BCUT2D eigenvalue weighted by molar-refractivity contribution is -0.136. The van der Waals surface area contributed by atoms with Gasteiger partial charge in [-0.2, -0.15) is 0 Å². The van der Waals surface area contributed by atoms with Gasteiger partial charge >= 0.3 is 0 Å². The molecular formula is C24H31N4O3. The van der Waals surface area contributed by atoms with E-state index < -0.39 is 6.04 Å². The topological polar surface area (TPSA) is 73.9 Å². The summed E-state index contributed by atoms with van der Waals surface area (Å²) >= 11 is 0. The molecular weight excluding hydrogens is 392 g/mol. The maximum Gasteiger partial charge on any atom is 0.247 e. The van der Waals surface area contributed by atoms with Crippen LogP contribution in [-0.4, -0.2) is 74.1 Å². The molecule has 2 amide bonds. The Labute approximate surface area is 184 Å². The van der Waals surface area contributed by atoms with Crippen LogP contribution in [0.1, 0.15) is 11.1 Å². The predicted molar refractivity (Wildman–Crippen MR) is 120 cm³/mol. The van der Waals surface area contributed by atoms with Crippen LogP contribution < -0.4 is 10.6 Å². The lowest BCUT2D eigenvalue weighted by Gasteiger charge is -2.28. The molecule has 31 heavy (non-hydrogen) atoms. The fraction of sp³-hybridized carbons (Fsp3) is 0.375. The number of benzene rings is 2. The van der Waals surface area contributed by atoms with Gasteiger partial charge in [0.1, 0.15) is 0 Å². The normalized spacial score (nSPS) is 15.4. The number of morpholine rings is 1. The third-order valence-electron chi connectivity index (χ3n) is 5.22. The summed E-state index contributed by atoms with van der Waals surface area (Å²) in [6, 6.07) is 18.4. The van der Waals surface area contributed by atoms with Gasteiger partial charge in [-0.1, -0.05) is 60.7 Å². The number of hydrogen-bond donors (Lipinski definition) is 2. The zero-order valence-electron chi connectivity index (χ0n) is 18.0. The van der Waals surface area contributed by atoms with E-state index in [1.54, 1.807) is 18.5 Å². The van der Waals surface area contributed by atoms with Crippen molar-refractivity contribution in [3.05, 3.63) is 78.3 Å². The van der Waals surface area contributed by atoms with Crippen LogP contribution in [0.15, 0.2) is 60.7 Å². The van der Waals surface area contributed by atoms with Crippen LogP contribution in [-0.2, 0) is 20.9 Å². The minimum atomic E-state index is -0.940. The fourth-order valence-corrected chi connectivity index (χ4v) is 3.52. The number of carbonyl (C=O) groups is 2. The predicted octanol–water partition coefficient (Wildman–Crippen LogP) is 1.26. The van der Waals surface area contributed by atoms with Gasteiger partial charge in [0.05, 0.1) is 19.8 Å². The number of amides is 2. The van der Waals surface area contributed by atoms with E-state index in [-0.39, 0.29) is 11.8 Å². The smallest absolute Gasteiger partial charge is 0.247 e. The van der Waals surface area contributed by atoms with E-state index in [4.69, 9.17) is 4.74 Å². The van der Waals surface area contributed by atoms with E-state index in [2.05, 4.69) is 15.5 Å². The second-order valence-electron chi connectivity index (χ2n) is 7.61. The number of rotatable bonds is 10. The average Bonchev–Trinajstić information content (AvgIpc) is 2.80. The molecule has 0 aliphatic carbocycles. The lowest BCUT2D eigenvalue weighted by Crippen LogP contribution is -2.54. The van der Waals surface area contributed by atoms with Gasteiger partial charge in [-0.3, -0.25) is 19.4 Å². The third kappa shape index (κ3) is 7.47. The van der Waals surface area contributed by atoms with Crippen molar-refractivity contribution in [3.63, 3.8) is 0 Å². The summed E-state index contributed by atoms with van der Waals surface area (Å²) in [7, 11) is 1.79. The molecule has 0 spiro atoms. The minimum absolute atomic E-state index is 0.300. The number of ether oxygens (including phenoxy) is 1. The van der Waals surface area contributed by atoms with E-state index in [1.807, 2.05) is 60.7 Å². The van der Waals surface area contributed by atoms with Crippen molar-refractivity contribution >= 4 is 11.8 Å². The maximum absolute atomic E-state index is 13.0. The van der Waals surface area contributed by atoms with Crippen molar-refractivity contribution in [1.82, 2.24) is 20.4 Å². The van der Waals surface area contributed by atoms with E-state index in [9.17, 15) is 9.59 Å². The highest BCUT2D eigenvalue weighted by atomic mass is 16.5. The van der Waals surface area contributed by atoms with Gasteiger partial charge in [0.2, 0.25) is 11.8 Å². The Morgan fingerprint density at radius 3 is 2.35 bits per heavy atom. The second kappa shape index (κ2) is 12.2. The van der Waals surface area contributed by atoms with Gasteiger partial charge < -0.3 is 15.4 Å². The number of carbonyl (C=O) groups excluding carboxylic acids is 2. The molecule has 2 aromatic rings. The van der Waals surface area contributed by atoms with Gasteiger partial charge in [0.25, 0.3) is 0 Å². The van der Waals surface area contributed by atoms with Crippen LogP contribution in [0.5, 0.6) is 0 Å². The van der Waals surface area contributed by atoms with Crippen LogP contribution in [0.25, 0.3) is 0 Å². The van der Waals surface area contributed by atoms with Gasteiger partial charge in [0, 0.05) is 32.7 Å². The molecule has 1 heterocycles. The zero-order chi connectivity index (χ0) is 21.9. The molecule has 3 rings (SSSR count). The van der Waals surface area contributed by atoms with Crippen LogP contribution in [0.3, 0.4) is 0 Å². The van der Waals surface area contributed by atoms with Crippen LogP contribution in [0.2, 0.25) is 0 Å². The number of nitrogens with one attached hydrogen (secondary N) is 2. The van der Waals surface area contributed by atoms with E-state index >= 15 is 0 Å². The fourth-order valence-electron chi connectivity index (χ4n) is 3.52. The van der Waals surface area contributed by atoms with E-state index in [0.29, 0.717) is 26.3 Å². The molecule has 165 valence electrons. The van der Waals surface area contributed by atoms with Crippen molar-refractivity contribution < 1.29 is 14.3 Å². The van der Waals surface area contributed by atoms with Crippen LogP contribution in [0, 0.1) is 6.54 Å². The molecule has 1 radical (unpaired) electrons. The molecule has 0 aromatic heterocycles. The largest absolute Gasteiger partial charge is 0.379 e. The molecule has 0 saturated carbocycles. The first kappa shape index (κ1) is 22.9. The maximum atomic E-state index is 13.0. The van der Waals surface area contributed by atoms with Crippen molar-refractivity contribution in [1.29, 1.82) is 0 Å². The molecule has 7 heteroatoms. The minimum Gasteiger partial charge on any atom is -0.379 e. The molecule has 1 fully saturated rings. The highest BCUT2D eigenvalue weighted by Crippen LogP contribution is 2.08. The Morgan fingerprint density at radius 2 is 1.68 bits per heavy atom. The first-order chi connectivity index (χ1) is 15.1. The summed E-state index contributed by atoms with van der Waals surface area (Å²) < 4.78 is 5.36. The SMILES string of the molecule is CN(Cc1ccccc1)[C@H](C(=O)N[CH]c1ccccc1)C(=O)NCCN1CCOCC1. The molecule has 2 N–H and O–H groups in total. The van der Waals surface area contributed by atoms with Gasteiger partial charge in [0.15, 0.2) is 6.04 Å². The quantitative estimate of drug-likeness (QED) is 0.563. The summed E-state index contributed by atoms with van der Waals surface area (Å²) in [6.45, 7) is 6.50. The second-order valence-corrected chi connectivity index (χ2v) is 7.61. The molecule has 1 saturated heterocycles. The monoisotopic (exact) mass is 423 g/mol. The Morgan fingerprint density at radius 1 is 1.03 bits per heavy atom. The van der Waals surface area contributed by atoms with E-state index in [0.717, 1.165) is 30.8 Å². The Balaban J connectivity index is 1.60. The first-order valence-corrected chi connectivity index (χ1v) is 10.6. The molecule has 1 aliphatic heterocycles. The standard InChI is InChI=1S/C24H31N4O3/c1-27(19-21-10-6-3-7-11-21)22(24(30)26-18-20-8-4-2-5-9-20)23(29)25-12-13-28-14-16-31-17-15-28/h2-11,18,22H,12-17,19H2,1H3,(H,25,29)(H,26,30)/t22-/m0/s1. The third-order valence-corrected chi connectivity index (χ3v) is 5.22.